The van der Waals surface area contributed by atoms with Gasteiger partial charge in [0, 0.05) is 53.3 Å². The number of cyclic esters (lactones) is 1. The van der Waals surface area contributed by atoms with Crippen molar-refractivity contribution < 1.29 is 49.4 Å². The standard InChI is InChI=1S/C43H62ClN3O10/c1-10-35-43(8,55)39(51)28(6)46(23-24(2)22-42(7,54)38(50)25(3)37(49)26(4)41(53)57-35)19-11-18-45-36(48)21-32-27(5)47(34-17-16-31(56-9)20-33(32)34)40(52)29-12-14-30(44)15-13-29/h12-17,20,24-26,28,35,37-39,49-51,54-55H,10-11,18-19,21-23H2,1-9H3,(H,45,48)/t24-,25+,26-,28-,35-,37?,38-,39-,42-,43-/m1/s1. The molecule has 1 unspecified atom stereocenters. The Morgan fingerprint density at radius 2 is 1.67 bits per heavy atom. The van der Waals surface area contributed by atoms with Crippen molar-refractivity contribution in [3.63, 3.8) is 0 Å². The highest BCUT2D eigenvalue weighted by Gasteiger charge is 2.47. The van der Waals surface area contributed by atoms with Crippen LogP contribution in [-0.4, -0.2) is 121 Å². The Balaban J connectivity index is 1.54. The van der Waals surface area contributed by atoms with Crippen molar-refractivity contribution in [3.05, 3.63) is 64.3 Å². The molecule has 2 heterocycles. The number of rotatable bonds is 9. The maximum atomic E-state index is 13.7. The zero-order valence-corrected chi connectivity index (χ0v) is 35.4. The molecule has 0 aliphatic carbocycles. The van der Waals surface area contributed by atoms with Crippen LogP contribution in [0.4, 0.5) is 0 Å². The summed E-state index contributed by atoms with van der Waals surface area (Å²) in [5.74, 6) is -2.94. The van der Waals surface area contributed by atoms with E-state index in [1.165, 1.54) is 20.8 Å². The van der Waals surface area contributed by atoms with Gasteiger partial charge in [0.1, 0.15) is 23.6 Å². The summed E-state index contributed by atoms with van der Waals surface area (Å²) in [4.78, 5) is 42.4. The largest absolute Gasteiger partial charge is 0.497 e. The second kappa shape index (κ2) is 19.0. The summed E-state index contributed by atoms with van der Waals surface area (Å²) in [5.41, 5.74) is -1.13. The summed E-state index contributed by atoms with van der Waals surface area (Å²) in [7, 11) is 1.55. The van der Waals surface area contributed by atoms with Gasteiger partial charge in [-0.2, -0.15) is 0 Å². The van der Waals surface area contributed by atoms with Gasteiger partial charge in [0.25, 0.3) is 5.91 Å². The molecule has 2 aromatic carbocycles. The molecule has 13 nitrogen and oxygen atoms in total. The van der Waals surface area contributed by atoms with Crippen LogP contribution in [0.2, 0.25) is 5.02 Å². The predicted octanol–water partition coefficient (Wildman–Crippen LogP) is 4.26. The molecule has 1 amide bonds. The highest BCUT2D eigenvalue weighted by molar-refractivity contribution is 6.30. The van der Waals surface area contributed by atoms with E-state index >= 15 is 0 Å². The lowest BCUT2D eigenvalue weighted by Gasteiger charge is -2.43. The number of nitrogens with zero attached hydrogens (tertiary/aromatic N) is 2. The molecule has 0 bridgehead atoms. The van der Waals surface area contributed by atoms with Gasteiger partial charge < -0.3 is 40.3 Å². The number of ether oxygens (including phenoxy) is 2. The number of fused-ring (bicyclic) bond motifs is 1. The highest BCUT2D eigenvalue weighted by Crippen LogP contribution is 2.34. The summed E-state index contributed by atoms with van der Waals surface area (Å²) in [5, 5.41) is 61.3. The van der Waals surface area contributed by atoms with Crippen molar-refractivity contribution >= 4 is 40.3 Å². The number of aliphatic hydroxyl groups is 5. The number of aromatic nitrogens is 1. The third-order valence-electron chi connectivity index (χ3n) is 11.9. The van der Waals surface area contributed by atoms with Gasteiger partial charge in [-0.25, -0.2) is 0 Å². The number of methoxy groups -OCH3 is 1. The van der Waals surface area contributed by atoms with Crippen LogP contribution in [0.3, 0.4) is 0 Å². The summed E-state index contributed by atoms with van der Waals surface area (Å²) >= 11 is 6.07. The van der Waals surface area contributed by atoms with Crippen molar-refractivity contribution in [1.82, 2.24) is 14.8 Å². The zero-order chi connectivity index (χ0) is 42.6. The summed E-state index contributed by atoms with van der Waals surface area (Å²) < 4.78 is 12.8. The van der Waals surface area contributed by atoms with Crippen molar-refractivity contribution in [2.45, 2.75) is 123 Å². The maximum absolute atomic E-state index is 13.7. The van der Waals surface area contributed by atoms with Gasteiger partial charge in [0.15, 0.2) is 0 Å². The van der Waals surface area contributed by atoms with E-state index in [4.69, 9.17) is 21.1 Å². The molecule has 0 radical (unpaired) electrons. The van der Waals surface area contributed by atoms with Crippen LogP contribution >= 0.6 is 11.6 Å². The Hall–Kier alpha value is -3.56. The average molecular weight is 816 g/mol. The fourth-order valence-corrected chi connectivity index (χ4v) is 8.50. The lowest BCUT2D eigenvalue weighted by atomic mass is 9.78. The van der Waals surface area contributed by atoms with E-state index in [-0.39, 0.29) is 43.5 Å². The number of halogens is 1. The first-order chi connectivity index (χ1) is 26.7. The fraction of sp³-hybridized carbons (Fsp3) is 0.605. The van der Waals surface area contributed by atoms with Crippen molar-refractivity contribution in [3.8, 4) is 5.75 Å². The predicted molar refractivity (Wildman–Crippen MR) is 218 cm³/mol. The first-order valence-corrected chi connectivity index (χ1v) is 20.2. The molecule has 0 spiro atoms. The lowest BCUT2D eigenvalue weighted by molar-refractivity contribution is -0.193. The molecule has 0 saturated carbocycles. The molecule has 316 valence electrons. The molecule has 1 fully saturated rings. The van der Waals surface area contributed by atoms with Crippen LogP contribution in [0, 0.1) is 24.7 Å². The second-order valence-electron chi connectivity index (χ2n) is 16.5. The second-order valence-corrected chi connectivity index (χ2v) is 16.9. The van der Waals surface area contributed by atoms with Crippen molar-refractivity contribution in [2.24, 2.45) is 17.8 Å². The fourth-order valence-electron chi connectivity index (χ4n) is 8.37. The number of esters is 1. The van der Waals surface area contributed by atoms with Gasteiger partial charge in [-0.15, -0.1) is 0 Å². The molecule has 3 aromatic rings. The van der Waals surface area contributed by atoms with Crippen LogP contribution in [-0.2, 0) is 20.7 Å². The van der Waals surface area contributed by atoms with Gasteiger partial charge in [0.2, 0.25) is 5.91 Å². The Kier molecular flexibility index (Phi) is 15.4. The molecule has 4 rings (SSSR count). The van der Waals surface area contributed by atoms with Crippen molar-refractivity contribution in [1.29, 1.82) is 0 Å². The first kappa shape index (κ1) is 46.1. The Morgan fingerprint density at radius 3 is 2.28 bits per heavy atom. The molecule has 1 saturated heterocycles. The lowest BCUT2D eigenvalue weighted by Crippen LogP contribution is -2.59. The number of benzene rings is 2. The molecule has 57 heavy (non-hydrogen) atoms. The molecular weight excluding hydrogens is 754 g/mol. The Labute approximate surface area is 340 Å². The van der Waals surface area contributed by atoms with E-state index in [0.29, 0.717) is 58.0 Å². The third kappa shape index (κ3) is 10.4. The number of nitrogens with one attached hydrogen (secondary N) is 1. The SMILES string of the molecule is CC[C@H]1OC(=O)[C@H](C)C(O)[C@H](C)[C@@H](O)[C@](C)(O)C[C@@H](C)CN(CCCNC(=O)Cc2c(C)n(C(=O)c3ccc(Cl)cc3)c3ccc(OC)cc23)[C@H](C)[C@@H](O)[C@]1(C)O. The summed E-state index contributed by atoms with van der Waals surface area (Å²) in [6, 6.07) is 11.3. The zero-order valence-electron chi connectivity index (χ0n) is 34.7. The van der Waals surface area contributed by atoms with Gasteiger partial charge in [-0.3, -0.25) is 23.9 Å². The number of carbonyl (C=O) groups excluding carboxylic acids is 3. The number of aliphatic hydroxyl groups excluding tert-OH is 3. The quantitative estimate of drug-likeness (QED) is 0.134. The maximum Gasteiger partial charge on any atom is 0.311 e. The molecule has 1 aliphatic rings. The van der Waals surface area contributed by atoms with Crippen LogP contribution in [0.1, 0.15) is 89.3 Å². The average Bonchev–Trinajstić information content (AvgIpc) is 3.44. The summed E-state index contributed by atoms with van der Waals surface area (Å²) in [6.07, 6.45) is -4.46. The van der Waals surface area contributed by atoms with E-state index in [9.17, 15) is 39.9 Å². The molecule has 1 aromatic heterocycles. The number of carbonyl (C=O) groups is 3. The normalized spacial score (nSPS) is 31.0. The molecular formula is C43H62ClN3O10. The number of amides is 1. The minimum absolute atomic E-state index is 0.00456. The monoisotopic (exact) mass is 815 g/mol. The third-order valence-corrected chi connectivity index (χ3v) is 12.1. The van der Waals surface area contributed by atoms with Crippen LogP contribution in [0.5, 0.6) is 5.75 Å². The van der Waals surface area contributed by atoms with Crippen LogP contribution in [0.25, 0.3) is 10.9 Å². The topological polar surface area (TPSA) is 191 Å². The van der Waals surface area contributed by atoms with E-state index in [2.05, 4.69) is 5.32 Å². The van der Waals surface area contributed by atoms with Gasteiger partial charge in [-0.1, -0.05) is 32.4 Å². The van der Waals surface area contributed by atoms with E-state index in [0.717, 1.165) is 0 Å². The molecule has 14 heteroatoms. The van der Waals surface area contributed by atoms with Crippen LogP contribution in [0.15, 0.2) is 42.5 Å². The molecule has 10 atom stereocenters. The van der Waals surface area contributed by atoms with E-state index in [1.807, 2.05) is 17.9 Å². The van der Waals surface area contributed by atoms with Gasteiger partial charge >= 0.3 is 5.97 Å². The molecule has 1 aliphatic heterocycles. The highest BCUT2D eigenvalue weighted by atomic mass is 35.5. The van der Waals surface area contributed by atoms with Gasteiger partial charge in [0.05, 0.1) is 42.8 Å². The van der Waals surface area contributed by atoms with E-state index < -0.39 is 59.5 Å². The number of hydrogen-bond acceptors (Lipinski definition) is 11. The van der Waals surface area contributed by atoms with Crippen molar-refractivity contribution in [2.75, 3.05) is 26.7 Å². The minimum atomic E-state index is -1.88. The minimum Gasteiger partial charge on any atom is -0.497 e. The number of hydrogen-bond donors (Lipinski definition) is 6. The Morgan fingerprint density at radius 1 is 1.02 bits per heavy atom. The Bertz CT molecular complexity index is 1860. The summed E-state index contributed by atoms with van der Waals surface area (Å²) in [6.45, 7) is 14.1. The van der Waals surface area contributed by atoms with Crippen LogP contribution < -0.4 is 10.1 Å². The van der Waals surface area contributed by atoms with Gasteiger partial charge in [-0.05, 0) is 108 Å². The molecule has 6 N–H and O–H groups in total. The first-order valence-electron chi connectivity index (χ1n) is 19.8. The smallest absolute Gasteiger partial charge is 0.311 e. The van der Waals surface area contributed by atoms with E-state index in [1.54, 1.807) is 75.8 Å².